The molecule has 1 aliphatic carbocycles. The highest BCUT2D eigenvalue weighted by Gasteiger charge is 2.41. The van der Waals surface area contributed by atoms with Crippen molar-refractivity contribution < 1.29 is 9.18 Å². The minimum Gasteiger partial charge on any atom is -0.328 e. The quantitative estimate of drug-likeness (QED) is 0.643. The number of halogens is 1. The molecule has 146 valence electrons. The lowest BCUT2D eigenvalue weighted by atomic mass is 9.81. The highest BCUT2D eigenvalue weighted by atomic mass is 32.2. The molecule has 2 aliphatic rings. The van der Waals surface area contributed by atoms with Crippen LogP contribution in [0.15, 0.2) is 71.5 Å². The van der Waals surface area contributed by atoms with Gasteiger partial charge in [-0.25, -0.2) is 9.07 Å². The van der Waals surface area contributed by atoms with Crippen LogP contribution in [0.25, 0.3) is 0 Å². The molecule has 2 atom stereocenters. The molecule has 0 amide bonds. The predicted molar refractivity (Wildman–Crippen MR) is 110 cm³/mol. The van der Waals surface area contributed by atoms with E-state index in [9.17, 15) is 9.18 Å². The van der Waals surface area contributed by atoms with Crippen molar-refractivity contribution in [3.8, 4) is 0 Å². The van der Waals surface area contributed by atoms with Crippen LogP contribution in [0, 0.1) is 11.7 Å². The number of nitrogens with one attached hydrogen (secondary N) is 1. The fourth-order valence-corrected chi connectivity index (χ4v) is 4.77. The van der Waals surface area contributed by atoms with Gasteiger partial charge < -0.3 is 5.32 Å². The number of carbonyl (C=O) groups excluding carboxylic acids is 1. The SMILES string of the molecule is O=C1CCC=C2Nc3nc(SCc4ccccc4F)nn3[C@H](c3ccccc3)[C@@H]12. The fourth-order valence-electron chi connectivity index (χ4n) is 3.96. The number of allylic oxidation sites excluding steroid dienone is 2. The van der Waals surface area contributed by atoms with E-state index in [2.05, 4.69) is 21.5 Å². The Kier molecular flexibility index (Phi) is 4.67. The van der Waals surface area contributed by atoms with Crippen molar-refractivity contribution in [2.24, 2.45) is 5.92 Å². The summed E-state index contributed by atoms with van der Waals surface area (Å²) in [6.07, 6.45) is 3.37. The van der Waals surface area contributed by atoms with E-state index in [1.807, 2.05) is 41.1 Å². The van der Waals surface area contributed by atoms with E-state index < -0.39 is 0 Å². The van der Waals surface area contributed by atoms with Gasteiger partial charge in [-0.3, -0.25) is 4.79 Å². The zero-order valence-electron chi connectivity index (χ0n) is 15.6. The number of ketones is 1. The summed E-state index contributed by atoms with van der Waals surface area (Å²) in [5.41, 5.74) is 2.54. The third-order valence-corrected chi connectivity index (χ3v) is 6.23. The van der Waals surface area contributed by atoms with Crippen molar-refractivity contribution in [2.75, 3.05) is 5.32 Å². The van der Waals surface area contributed by atoms with E-state index in [0.717, 1.165) is 17.7 Å². The van der Waals surface area contributed by atoms with Gasteiger partial charge in [0.1, 0.15) is 11.6 Å². The molecule has 1 N–H and O–H groups in total. The van der Waals surface area contributed by atoms with Crippen LogP contribution in [0.3, 0.4) is 0 Å². The topological polar surface area (TPSA) is 59.8 Å². The van der Waals surface area contributed by atoms with Gasteiger partial charge in [0.25, 0.3) is 0 Å². The van der Waals surface area contributed by atoms with Crippen molar-refractivity contribution in [3.05, 3.63) is 83.3 Å². The van der Waals surface area contributed by atoms with Gasteiger partial charge in [0.2, 0.25) is 11.1 Å². The zero-order valence-corrected chi connectivity index (χ0v) is 16.4. The van der Waals surface area contributed by atoms with E-state index in [0.29, 0.717) is 28.8 Å². The number of carbonyl (C=O) groups is 1. The highest BCUT2D eigenvalue weighted by molar-refractivity contribution is 7.98. The molecular formula is C22H19FN4OS. The number of rotatable bonds is 4. The first-order chi connectivity index (χ1) is 14.2. The van der Waals surface area contributed by atoms with E-state index in [-0.39, 0.29) is 23.6 Å². The lowest BCUT2D eigenvalue weighted by Crippen LogP contribution is -2.38. The maximum absolute atomic E-state index is 13.9. The van der Waals surface area contributed by atoms with Gasteiger partial charge in [0.15, 0.2) is 0 Å². The smallest absolute Gasteiger partial charge is 0.227 e. The molecule has 0 radical (unpaired) electrons. The maximum Gasteiger partial charge on any atom is 0.227 e. The molecule has 29 heavy (non-hydrogen) atoms. The number of hydrogen-bond donors (Lipinski definition) is 1. The second-order valence-electron chi connectivity index (χ2n) is 7.17. The number of thioether (sulfide) groups is 1. The Balaban J connectivity index is 1.51. The minimum atomic E-state index is -0.287. The molecule has 1 aromatic heterocycles. The van der Waals surface area contributed by atoms with Gasteiger partial charge in [0.05, 0.1) is 12.0 Å². The second-order valence-corrected chi connectivity index (χ2v) is 8.11. The monoisotopic (exact) mass is 406 g/mol. The molecule has 0 unspecified atom stereocenters. The van der Waals surface area contributed by atoms with Crippen LogP contribution in [0.5, 0.6) is 0 Å². The number of benzene rings is 2. The number of hydrogen-bond acceptors (Lipinski definition) is 5. The third-order valence-electron chi connectivity index (χ3n) is 5.34. The Morgan fingerprint density at radius 2 is 1.93 bits per heavy atom. The fraction of sp³-hybridized carbons (Fsp3) is 0.227. The van der Waals surface area contributed by atoms with Crippen LogP contribution in [-0.4, -0.2) is 20.5 Å². The third kappa shape index (κ3) is 3.35. The summed E-state index contributed by atoms with van der Waals surface area (Å²) in [6, 6.07) is 16.4. The number of anilines is 1. The molecule has 0 saturated heterocycles. The summed E-state index contributed by atoms with van der Waals surface area (Å²) in [4.78, 5) is 17.4. The Labute approximate surface area is 172 Å². The molecule has 3 aromatic rings. The normalized spacial score (nSPS) is 20.4. The average Bonchev–Trinajstić information content (AvgIpc) is 3.15. The first-order valence-corrected chi connectivity index (χ1v) is 10.6. The van der Waals surface area contributed by atoms with Crippen LogP contribution in [0.1, 0.15) is 30.0 Å². The molecule has 5 rings (SSSR count). The first-order valence-electron chi connectivity index (χ1n) is 9.58. The van der Waals surface area contributed by atoms with Gasteiger partial charge in [-0.15, -0.1) is 5.10 Å². The highest BCUT2D eigenvalue weighted by Crippen LogP contribution is 2.42. The maximum atomic E-state index is 13.9. The van der Waals surface area contributed by atoms with Crippen LogP contribution in [0.2, 0.25) is 0 Å². The van der Waals surface area contributed by atoms with Gasteiger partial charge in [-0.1, -0.05) is 66.4 Å². The summed E-state index contributed by atoms with van der Waals surface area (Å²) >= 11 is 1.39. The lowest BCUT2D eigenvalue weighted by molar-refractivity contribution is -0.123. The van der Waals surface area contributed by atoms with E-state index >= 15 is 0 Å². The number of fused-ring (bicyclic) bond motifs is 2. The molecule has 2 aromatic carbocycles. The molecule has 1 aliphatic heterocycles. The molecule has 0 saturated carbocycles. The summed E-state index contributed by atoms with van der Waals surface area (Å²) in [6.45, 7) is 0. The van der Waals surface area contributed by atoms with E-state index in [1.165, 1.54) is 17.8 Å². The Morgan fingerprint density at radius 1 is 1.14 bits per heavy atom. The zero-order chi connectivity index (χ0) is 19.8. The summed E-state index contributed by atoms with van der Waals surface area (Å²) in [5.74, 6) is 0.755. The van der Waals surface area contributed by atoms with Crippen molar-refractivity contribution >= 4 is 23.5 Å². The van der Waals surface area contributed by atoms with Crippen LogP contribution >= 0.6 is 11.8 Å². The van der Waals surface area contributed by atoms with Gasteiger partial charge in [0, 0.05) is 17.9 Å². The Hall–Kier alpha value is -2.93. The second kappa shape index (κ2) is 7.48. The van der Waals surface area contributed by atoms with Gasteiger partial charge in [-0.2, -0.15) is 4.98 Å². The van der Waals surface area contributed by atoms with Crippen molar-refractivity contribution in [2.45, 2.75) is 29.8 Å². The summed E-state index contributed by atoms with van der Waals surface area (Å²) in [7, 11) is 0. The number of aromatic nitrogens is 3. The number of Topliss-reactive ketones (excluding diaryl/α,β-unsaturated/α-hetero) is 1. The summed E-state index contributed by atoms with van der Waals surface area (Å²) in [5, 5.41) is 8.54. The van der Waals surface area contributed by atoms with Gasteiger partial charge in [-0.05, 0) is 23.6 Å². The van der Waals surface area contributed by atoms with Crippen LogP contribution < -0.4 is 5.32 Å². The van der Waals surface area contributed by atoms with Gasteiger partial charge >= 0.3 is 0 Å². The standard InChI is InChI=1S/C22H19FN4OS/c23-16-10-5-4-9-15(16)13-29-22-25-21-24-17-11-6-12-18(28)19(17)20(27(21)26-22)14-7-2-1-3-8-14/h1-5,7-11,19-20H,6,12-13H2,(H,24,25,26)/t19-,20-/m1/s1. The largest absolute Gasteiger partial charge is 0.328 e. The van der Waals surface area contributed by atoms with E-state index in [1.54, 1.807) is 12.1 Å². The van der Waals surface area contributed by atoms with Crippen molar-refractivity contribution in [1.29, 1.82) is 0 Å². The average molecular weight is 406 g/mol. The molecular weight excluding hydrogens is 387 g/mol. The molecule has 0 fully saturated rings. The minimum absolute atomic E-state index is 0.213. The van der Waals surface area contributed by atoms with Crippen LogP contribution in [0.4, 0.5) is 10.3 Å². The molecule has 2 heterocycles. The molecule has 0 spiro atoms. The molecule has 5 nitrogen and oxygen atoms in total. The molecule has 7 heteroatoms. The Morgan fingerprint density at radius 3 is 2.76 bits per heavy atom. The van der Waals surface area contributed by atoms with Crippen molar-refractivity contribution in [1.82, 2.24) is 14.8 Å². The summed E-state index contributed by atoms with van der Waals surface area (Å²) < 4.78 is 15.7. The predicted octanol–water partition coefficient (Wildman–Crippen LogP) is 4.59. The molecule has 0 bridgehead atoms. The number of nitrogens with zero attached hydrogens (tertiary/aromatic N) is 3. The lowest BCUT2D eigenvalue weighted by Gasteiger charge is -2.36. The van der Waals surface area contributed by atoms with E-state index in [4.69, 9.17) is 0 Å². The Bertz CT molecular complexity index is 1100. The van der Waals surface area contributed by atoms with Crippen molar-refractivity contribution in [3.63, 3.8) is 0 Å². The first kappa shape index (κ1) is 18.1. The van der Waals surface area contributed by atoms with Crippen LogP contribution in [-0.2, 0) is 10.5 Å².